The van der Waals surface area contributed by atoms with Gasteiger partial charge >= 0.3 is 0 Å². The van der Waals surface area contributed by atoms with Gasteiger partial charge in [0.1, 0.15) is 5.75 Å². The fraction of sp³-hybridized carbons (Fsp3) is 0.417. The Morgan fingerprint density at radius 1 is 1.53 bits per heavy atom. The minimum Gasteiger partial charge on any atom is -0.482 e. The van der Waals surface area contributed by atoms with Crippen molar-refractivity contribution in [1.29, 1.82) is 0 Å². The third-order valence-electron chi connectivity index (χ3n) is 2.49. The number of nitrogens with one attached hydrogen (secondary N) is 2. The van der Waals surface area contributed by atoms with Crippen LogP contribution in [0.2, 0.25) is 0 Å². The number of carbonyl (C=O) groups is 1. The average molecular weight is 235 g/mol. The molecule has 0 atom stereocenters. The third-order valence-corrected chi connectivity index (χ3v) is 2.49. The second-order valence-electron chi connectivity index (χ2n) is 4.55. The molecular weight excluding hydrogens is 218 g/mol. The number of anilines is 3. The van der Waals surface area contributed by atoms with E-state index in [4.69, 9.17) is 10.5 Å². The Kier molecular flexibility index (Phi) is 3.08. The molecule has 0 radical (unpaired) electrons. The van der Waals surface area contributed by atoms with Crippen LogP contribution in [-0.4, -0.2) is 19.1 Å². The number of ether oxygens (including phenoxy) is 1. The molecule has 0 spiro atoms. The van der Waals surface area contributed by atoms with Crippen molar-refractivity contribution in [2.75, 3.05) is 29.5 Å². The molecule has 0 unspecified atom stereocenters. The summed E-state index contributed by atoms with van der Waals surface area (Å²) < 4.78 is 5.28. The number of carbonyl (C=O) groups excluding carboxylic acids is 1. The Bertz CT molecular complexity index is 444. The molecule has 1 heterocycles. The lowest BCUT2D eigenvalue weighted by molar-refractivity contribution is -0.118. The standard InChI is InChI=1S/C12H17N3O2/c1-7(2)5-14-9-4-10-11(3-8(9)13)17-6-12(16)15-10/h3-4,7,14H,5-6,13H2,1-2H3,(H,15,16). The number of nitrogens with two attached hydrogens (primary N) is 1. The van der Waals surface area contributed by atoms with Crippen molar-refractivity contribution in [3.63, 3.8) is 0 Å². The molecule has 0 bridgehead atoms. The largest absolute Gasteiger partial charge is 0.482 e. The summed E-state index contributed by atoms with van der Waals surface area (Å²) in [6, 6.07) is 3.54. The monoisotopic (exact) mass is 235 g/mol. The van der Waals surface area contributed by atoms with E-state index >= 15 is 0 Å². The maximum absolute atomic E-state index is 11.2. The quantitative estimate of drug-likeness (QED) is 0.696. The van der Waals surface area contributed by atoms with Gasteiger partial charge in [-0.25, -0.2) is 0 Å². The number of fused-ring (bicyclic) bond motifs is 1. The van der Waals surface area contributed by atoms with Crippen molar-refractivity contribution in [2.45, 2.75) is 13.8 Å². The van der Waals surface area contributed by atoms with Crippen LogP contribution in [0.1, 0.15) is 13.8 Å². The summed E-state index contributed by atoms with van der Waals surface area (Å²) in [5, 5.41) is 6.00. The van der Waals surface area contributed by atoms with Crippen LogP contribution >= 0.6 is 0 Å². The predicted molar refractivity (Wildman–Crippen MR) is 68.3 cm³/mol. The highest BCUT2D eigenvalue weighted by Crippen LogP contribution is 2.35. The summed E-state index contributed by atoms with van der Waals surface area (Å²) in [4.78, 5) is 11.2. The highest BCUT2D eigenvalue weighted by Gasteiger charge is 2.17. The Hall–Kier alpha value is -1.91. The second-order valence-corrected chi connectivity index (χ2v) is 4.55. The van der Waals surface area contributed by atoms with E-state index < -0.39 is 0 Å². The molecule has 0 saturated heterocycles. The van der Waals surface area contributed by atoms with E-state index in [9.17, 15) is 4.79 Å². The first kappa shape index (κ1) is 11.6. The van der Waals surface area contributed by atoms with E-state index in [2.05, 4.69) is 24.5 Å². The third kappa shape index (κ3) is 2.61. The first-order valence-electron chi connectivity index (χ1n) is 5.66. The molecule has 1 aromatic carbocycles. The molecule has 0 aromatic heterocycles. The molecule has 1 aliphatic rings. The molecule has 1 aliphatic heterocycles. The minimum absolute atomic E-state index is 0.0468. The number of hydrogen-bond acceptors (Lipinski definition) is 4. The molecule has 5 nitrogen and oxygen atoms in total. The summed E-state index contributed by atoms with van der Waals surface area (Å²) in [5.41, 5.74) is 8.03. The highest BCUT2D eigenvalue weighted by atomic mass is 16.5. The van der Waals surface area contributed by atoms with Gasteiger partial charge in [0.15, 0.2) is 6.61 Å². The van der Waals surface area contributed by atoms with Crippen molar-refractivity contribution in [3.8, 4) is 5.75 Å². The maximum atomic E-state index is 11.2. The summed E-state index contributed by atoms with van der Waals surface area (Å²) in [7, 11) is 0. The number of rotatable bonds is 3. The van der Waals surface area contributed by atoms with Crippen LogP contribution in [0.3, 0.4) is 0 Å². The molecule has 4 N–H and O–H groups in total. The van der Waals surface area contributed by atoms with Crippen LogP contribution in [0.15, 0.2) is 12.1 Å². The van der Waals surface area contributed by atoms with Crippen molar-refractivity contribution in [1.82, 2.24) is 0 Å². The highest BCUT2D eigenvalue weighted by molar-refractivity contribution is 5.97. The Morgan fingerprint density at radius 2 is 2.29 bits per heavy atom. The van der Waals surface area contributed by atoms with Gasteiger partial charge in [0.2, 0.25) is 0 Å². The van der Waals surface area contributed by atoms with E-state index in [1.807, 2.05) is 6.07 Å². The van der Waals surface area contributed by atoms with Crippen LogP contribution in [0.5, 0.6) is 5.75 Å². The fourth-order valence-electron chi connectivity index (χ4n) is 1.61. The van der Waals surface area contributed by atoms with E-state index in [0.717, 1.165) is 12.2 Å². The molecule has 1 amide bonds. The topological polar surface area (TPSA) is 76.4 Å². The summed E-state index contributed by atoms with van der Waals surface area (Å²) in [6.45, 7) is 5.11. The second kappa shape index (κ2) is 4.53. The zero-order chi connectivity index (χ0) is 12.4. The van der Waals surface area contributed by atoms with Crippen LogP contribution in [-0.2, 0) is 4.79 Å². The van der Waals surface area contributed by atoms with Gasteiger partial charge in [0.05, 0.1) is 17.1 Å². The minimum atomic E-state index is -0.142. The van der Waals surface area contributed by atoms with Crippen molar-refractivity contribution in [3.05, 3.63) is 12.1 Å². The average Bonchev–Trinajstić information content (AvgIpc) is 2.26. The molecule has 1 aromatic rings. The lowest BCUT2D eigenvalue weighted by atomic mass is 10.1. The molecule has 17 heavy (non-hydrogen) atoms. The molecule has 0 aliphatic carbocycles. The zero-order valence-electron chi connectivity index (χ0n) is 10.0. The van der Waals surface area contributed by atoms with E-state index in [1.54, 1.807) is 6.07 Å². The van der Waals surface area contributed by atoms with Crippen LogP contribution in [0, 0.1) is 5.92 Å². The first-order chi connectivity index (χ1) is 8.06. The lowest BCUT2D eigenvalue weighted by Gasteiger charge is -2.20. The van der Waals surface area contributed by atoms with Crippen molar-refractivity contribution < 1.29 is 9.53 Å². The van der Waals surface area contributed by atoms with Gasteiger partial charge in [-0.15, -0.1) is 0 Å². The lowest BCUT2D eigenvalue weighted by Crippen LogP contribution is -2.25. The molecule has 0 fully saturated rings. The van der Waals surface area contributed by atoms with Crippen LogP contribution in [0.4, 0.5) is 17.1 Å². The van der Waals surface area contributed by atoms with Crippen LogP contribution < -0.4 is 21.1 Å². The fourth-order valence-corrected chi connectivity index (χ4v) is 1.61. The van der Waals surface area contributed by atoms with Gasteiger partial charge in [-0.3, -0.25) is 4.79 Å². The summed E-state index contributed by atoms with van der Waals surface area (Å²) in [5.74, 6) is 1.01. The SMILES string of the molecule is CC(C)CNc1cc2c(cc1N)OCC(=O)N2. The van der Waals surface area contributed by atoms with E-state index in [-0.39, 0.29) is 12.5 Å². The van der Waals surface area contributed by atoms with Gasteiger partial charge in [0, 0.05) is 12.6 Å². The van der Waals surface area contributed by atoms with Crippen molar-refractivity contribution in [2.24, 2.45) is 5.92 Å². The predicted octanol–water partition coefficient (Wildman–Crippen LogP) is 1.67. The number of nitrogen functional groups attached to an aromatic ring is 1. The number of hydrogen-bond donors (Lipinski definition) is 3. The molecular formula is C12H17N3O2. The Morgan fingerprint density at radius 3 is 3.00 bits per heavy atom. The van der Waals surface area contributed by atoms with Gasteiger partial charge in [-0.05, 0) is 12.0 Å². The van der Waals surface area contributed by atoms with Gasteiger partial charge < -0.3 is 21.1 Å². The zero-order valence-corrected chi connectivity index (χ0v) is 10.0. The number of benzene rings is 1. The van der Waals surface area contributed by atoms with Gasteiger partial charge in [0.25, 0.3) is 5.91 Å². The molecule has 92 valence electrons. The first-order valence-corrected chi connectivity index (χ1v) is 5.66. The Balaban J connectivity index is 2.23. The van der Waals surface area contributed by atoms with Crippen molar-refractivity contribution >= 4 is 23.0 Å². The molecule has 0 saturated carbocycles. The Labute approximate surface area is 100 Å². The molecule has 5 heteroatoms. The van der Waals surface area contributed by atoms with E-state index in [1.165, 1.54) is 0 Å². The van der Waals surface area contributed by atoms with Gasteiger partial charge in [-0.2, -0.15) is 0 Å². The number of amides is 1. The van der Waals surface area contributed by atoms with Crippen LogP contribution in [0.25, 0.3) is 0 Å². The molecule has 2 rings (SSSR count). The summed E-state index contributed by atoms with van der Waals surface area (Å²) in [6.07, 6.45) is 0. The van der Waals surface area contributed by atoms with E-state index in [0.29, 0.717) is 23.0 Å². The maximum Gasteiger partial charge on any atom is 0.262 e. The smallest absolute Gasteiger partial charge is 0.262 e. The van der Waals surface area contributed by atoms with Gasteiger partial charge in [-0.1, -0.05) is 13.8 Å². The normalized spacial score (nSPS) is 13.9. The summed E-state index contributed by atoms with van der Waals surface area (Å²) >= 11 is 0.